The van der Waals surface area contributed by atoms with Crippen molar-refractivity contribution in [3.63, 3.8) is 0 Å². The first-order valence-corrected chi connectivity index (χ1v) is 10.7. The first-order valence-electron chi connectivity index (χ1n) is 10.7. The van der Waals surface area contributed by atoms with Crippen LogP contribution in [0.15, 0.2) is 55.2 Å². The van der Waals surface area contributed by atoms with E-state index >= 15 is 0 Å². The van der Waals surface area contributed by atoms with E-state index in [1.165, 1.54) is 21.8 Å². The molecule has 1 aromatic carbocycles. The van der Waals surface area contributed by atoms with E-state index in [0.717, 1.165) is 6.07 Å². The Balaban J connectivity index is 1.46. The standard InChI is InChI=1S/C23H17F3N8O2/c1-32-9-13(7-29-32)34(18-10-36-21-14(18)3-5-19(31-21)23(24,25)26)22(35)12-2-4-15-16(6-12)33-11-28-8-17(33)20(27)30-15/h2-9,11,18H,10H2,1H3,(H2,27,30). The summed E-state index contributed by atoms with van der Waals surface area (Å²) >= 11 is 0. The fourth-order valence-electron chi connectivity index (χ4n) is 4.36. The van der Waals surface area contributed by atoms with E-state index in [4.69, 9.17) is 10.5 Å². The highest BCUT2D eigenvalue weighted by Gasteiger charge is 2.39. The lowest BCUT2D eigenvalue weighted by molar-refractivity contribution is -0.141. The largest absolute Gasteiger partial charge is 0.475 e. The maximum Gasteiger partial charge on any atom is 0.433 e. The third kappa shape index (κ3) is 3.39. The summed E-state index contributed by atoms with van der Waals surface area (Å²) in [5.41, 5.74) is 7.87. The highest BCUT2D eigenvalue weighted by molar-refractivity contribution is 6.08. The summed E-state index contributed by atoms with van der Waals surface area (Å²) in [6.07, 6.45) is 1.69. The van der Waals surface area contributed by atoms with Gasteiger partial charge in [-0.25, -0.2) is 15.0 Å². The number of hydrogen-bond acceptors (Lipinski definition) is 7. The van der Waals surface area contributed by atoms with Gasteiger partial charge in [-0.3, -0.25) is 18.8 Å². The van der Waals surface area contributed by atoms with Crippen molar-refractivity contribution in [3.8, 4) is 5.88 Å². The molecule has 0 fully saturated rings. The van der Waals surface area contributed by atoms with Crippen LogP contribution >= 0.6 is 0 Å². The van der Waals surface area contributed by atoms with E-state index in [2.05, 4.69) is 20.1 Å². The highest BCUT2D eigenvalue weighted by Crippen LogP contribution is 2.40. The molecule has 1 unspecified atom stereocenters. The molecular formula is C23H17F3N8O2. The van der Waals surface area contributed by atoms with Crippen LogP contribution in [0.2, 0.25) is 0 Å². The summed E-state index contributed by atoms with van der Waals surface area (Å²) in [4.78, 5) is 27.5. The number of ether oxygens (including phenoxy) is 1. The van der Waals surface area contributed by atoms with E-state index in [-0.39, 0.29) is 12.5 Å². The van der Waals surface area contributed by atoms with Gasteiger partial charge >= 0.3 is 6.18 Å². The zero-order valence-electron chi connectivity index (χ0n) is 18.6. The second-order valence-electron chi connectivity index (χ2n) is 8.31. The van der Waals surface area contributed by atoms with Crippen molar-refractivity contribution >= 4 is 34.0 Å². The summed E-state index contributed by atoms with van der Waals surface area (Å²) in [7, 11) is 1.70. The SMILES string of the molecule is Cn1cc(N(C(=O)c2ccc3nc(N)c4cncn4c3c2)C2COc3nc(C(F)(F)F)ccc32)cn1. The van der Waals surface area contributed by atoms with E-state index in [1.807, 2.05) is 0 Å². The molecule has 1 amide bonds. The molecule has 1 aliphatic rings. The van der Waals surface area contributed by atoms with Crippen LogP contribution in [0.1, 0.15) is 27.7 Å². The van der Waals surface area contributed by atoms with E-state index < -0.39 is 23.8 Å². The number of halogens is 3. The molecule has 5 aromatic rings. The first kappa shape index (κ1) is 21.8. The normalized spacial score (nSPS) is 15.3. The number of nitrogens with two attached hydrogens (primary N) is 1. The number of imidazole rings is 1. The van der Waals surface area contributed by atoms with Crippen molar-refractivity contribution in [3.05, 3.63) is 72.1 Å². The molecule has 0 aliphatic carbocycles. The Morgan fingerprint density at radius 1 is 1.17 bits per heavy atom. The quantitative estimate of drug-likeness (QED) is 0.409. The minimum atomic E-state index is -4.61. The minimum Gasteiger partial charge on any atom is -0.475 e. The van der Waals surface area contributed by atoms with Gasteiger partial charge in [0.05, 0.1) is 35.4 Å². The van der Waals surface area contributed by atoms with Gasteiger partial charge in [-0.1, -0.05) is 0 Å². The number of fused-ring (bicyclic) bond motifs is 4. The minimum absolute atomic E-state index is 0.0677. The zero-order chi connectivity index (χ0) is 25.2. The van der Waals surface area contributed by atoms with Crippen molar-refractivity contribution in [2.24, 2.45) is 7.05 Å². The van der Waals surface area contributed by atoms with Crippen molar-refractivity contribution in [1.82, 2.24) is 29.1 Å². The zero-order valence-corrected chi connectivity index (χ0v) is 18.6. The number of amides is 1. The number of rotatable bonds is 3. The summed E-state index contributed by atoms with van der Waals surface area (Å²) < 4.78 is 48.2. The first-order chi connectivity index (χ1) is 17.2. The fraction of sp³-hybridized carbons (Fsp3) is 0.174. The van der Waals surface area contributed by atoms with Crippen molar-refractivity contribution < 1.29 is 22.7 Å². The van der Waals surface area contributed by atoms with Gasteiger partial charge in [0.2, 0.25) is 5.88 Å². The molecular weight excluding hydrogens is 477 g/mol. The molecule has 182 valence electrons. The van der Waals surface area contributed by atoms with Crippen LogP contribution in [0.5, 0.6) is 5.88 Å². The number of nitrogens with zero attached hydrogens (tertiary/aromatic N) is 7. The Morgan fingerprint density at radius 2 is 2.00 bits per heavy atom. The molecule has 13 heteroatoms. The number of hydrogen-bond donors (Lipinski definition) is 1. The molecule has 6 rings (SSSR count). The van der Waals surface area contributed by atoms with Crippen LogP contribution in [0.25, 0.3) is 16.6 Å². The van der Waals surface area contributed by atoms with Gasteiger partial charge in [0.25, 0.3) is 5.91 Å². The second kappa shape index (κ2) is 7.66. The van der Waals surface area contributed by atoms with Gasteiger partial charge in [-0.15, -0.1) is 0 Å². The van der Waals surface area contributed by atoms with E-state index in [1.54, 1.807) is 48.4 Å². The molecule has 5 heterocycles. The summed E-state index contributed by atoms with van der Waals surface area (Å²) in [5.74, 6) is -0.257. The third-order valence-electron chi connectivity index (χ3n) is 6.04. The number of pyridine rings is 1. The van der Waals surface area contributed by atoms with Gasteiger partial charge in [0.15, 0.2) is 0 Å². The number of aromatic nitrogens is 6. The number of nitrogen functional groups attached to an aromatic ring is 1. The Hall–Kier alpha value is -4.68. The number of anilines is 2. The maximum absolute atomic E-state index is 13.9. The lowest BCUT2D eigenvalue weighted by Gasteiger charge is -2.27. The number of aryl methyl sites for hydroxylation is 1. The summed E-state index contributed by atoms with van der Waals surface area (Å²) in [6, 6.07) is 6.42. The second-order valence-corrected chi connectivity index (χ2v) is 8.31. The average Bonchev–Trinajstić information content (AvgIpc) is 3.59. The monoisotopic (exact) mass is 494 g/mol. The average molecular weight is 494 g/mol. The van der Waals surface area contributed by atoms with Gasteiger partial charge in [0, 0.05) is 24.4 Å². The van der Waals surface area contributed by atoms with E-state index in [0.29, 0.717) is 39.2 Å². The number of benzene rings is 1. The lowest BCUT2D eigenvalue weighted by atomic mass is 10.1. The number of alkyl halides is 3. The number of carbonyl (C=O) groups excluding carboxylic acids is 1. The Morgan fingerprint density at radius 3 is 2.75 bits per heavy atom. The highest BCUT2D eigenvalue weighted by atomic mass is 19.4. The third-order valence-corrected chi connectivity index (χ3v) is 6.04. The molecule has 0 saturated heterocycles. The predicted molar refractivity (Wildman–Crippen MR) is 122 cm³/mol. The molecule has 1 aliphatic heterocycles. The molecule has 2 N–H and O–H groups in total. The predicted octanol–water partition coefficient (Wildman–Crippen LogP) is 3.39. The Kier molecular flexibility index (Phi) is 4.65. The molecule has 1 atom stereocenters. The molecule has 0 radical (unpaired) electrons. The molecule has 10 nitrogen and oxygen atoms in total. The van der Waals surface area contributed by atoms with Gasteiger partial charge in [0.1, 0.15) is 29.7 Å². The Bertz CT molecular complexity index is 1660. The molecule has 4 aromatic heterocycles. The van der Waals surface area contributed by atoms with Crippen molar-refractivity contribution in [1.29, 1.82) is 0 Å². The van der Waals surface area contributed by atoms with Crippen LogP contribution in [0, 0.1) is 0 Å². The smallest absolute Gasteiger partial charge is 0.433 e. The van der Waals surface area contributed by atoms with Crippen LogP contribution in [0.3, 0.4) is 0 Å². The number of carbonyl (C=O) groups is 1. The van der Waals surface area contributed by atoms with Crippen molar-refractivity contribution in [2.75, 3.05) is 17.2 Å². The molecule has 0 bridgehead atoms. The summed E-state index contributed by atoms with van der Waals surface area (Å²) in [6.45, 7) is -0.0677. The van der Waals surface area contributed by atoms with Crippen LogP contribution in [-0.4, -0.2) is 41.6 Å². The van der Waals surface area contributed by atoms with Crippen LogP contribution in [-0.2, 0) is 13.2 Å². The van der Waals surface area contributed by atoms with Gasteiger partial charge < -0.3 is 10.5 Å². The molecule has 36 heavy (non-hydrogen) atoms. The lowest BCUT2D eigenvalue weighted by Crippen LogP contribution is -2.35. The fourth-order valence-corrected chi connectivity index (χ4v) is 4.36. The molecule has 0 saturated carbocycles. The molecule has 0 spiro atoms. The van der Waals surface area contributed by atoms with Crippen LogP contribution < -0.4 is 15.4 Å². The van der Waals surface area contributed by atoms with Crippen LogP contribution in [0.4, 0.5) is 24.7 Å². The topological polar surface area (TPSA) is 116 Å². The van der Waals surface area contributed by atoms with Gasteiger partial charge in [-0.2, -0.15) is 18.3 Å². The summed E-state index contributed by atoms with van der Waals surface area (Å²) in [5, 5.41) is 4.16. The Labute approximate surface area is 200 Å². The van der Waals surface area contributed by atoms with Gasteiger partial charge in [-0.05, 0) is 30.3 Å². The van der Waals surface area contributed by atoms with Crippen molar-refractivity contribution in [2.45, 2.75) is 12.2 Å². The van der Waals surface area contributed by atoms with E-state index in [9.17, 15) is 18.0 Å². The maximum atomic E-state index is 13.9.